The first kappa shape index (κ1) is 13.1. The topological polar surface area (TPSA) is 75.4 Å². The molecule has 0 bridgehead atoms. The highest BCUT2D eigenvalue weighted by molar-refractivity contribution is 5.79. The zero-order valence-corrected chi connectivity index (χ0v) is 10.8. The SMILES string of the molecule is CC(N)C(C)C(=O)N[C@H]1c2ccccc2C[C@H]1O. The molecule has 0 saturated heterocycles. The Morgan fingerprint density at radius 3 is 2.78 bits per heavy atom. The van der Waals surface area contributed by atoms with E-state index >= 15 is 0 Å². The maximum Gasteiger partial charge on any atom is 0.224 e. The van der Waals surface area contributed by atoms with Crippen LogP contribution in [0.25, 0.3) is 0 Å². The highest BCUT2D eigenvalue weighted by Crippen LogP contribution is 2.31. The third-order valence-electron chi connectivity index (χ3n) is 3.70. The van der Waals surface area contributed by atoms with Gasteiger partial charge in [-0.25, -0.2) is 0 Å². The normalized spacial score (nSPS) is 25.3. The van der Waals surface area contributed by atoms with Crippen molar-refractivity contribution in [3.63, 3.8) is 0 Å². The van der Waals surface area contributed by atoms with Crippen LogP contribution in [0.5, 0.6) is 0 Å². The highest BCUT2D eigenvalue weighted by atomic mass is 16.3. The van der Waals surface area contributed by atoms with Crippen molar-refractivity contribution < 1.29 is 9.90 Å². The first-order chi connectivity index (χ1) is 8.50. The molecule has 4 atom stereocenters. The van der Waals surface area contributed by atoms with Crippen molar-refractivity contribution in [2.45, 2.75) is 38.5 Å². The van der Waals surface area contributed by atoms with E-state index in [1.165, 1.54) is 0 Å². The first-order valence-corrected chi connectivity index (χ1v) is 6.32. The number of carbonyl (C=O) groups excluding carboxylic acids is 1. The number of nitrogens with two attached hydrogens (primary N) is 1. The Labute approximate surface area is 107 Å². The van der Waals surface area contributed by atoms with Crippen LogP contribution in [0.15, 0.2) is 24.3 Å². The molecule has 0 saturated carbocycles. The van der Waals surface area contributed by atoms with Gasteiger partial charge in [0.05, 0.1) is 12.1 Å². The molecule has 1 aromatic rings. The van der Waals surface area contributed by atoms with Crippen molar-refractivity contribution in [3.8, 4) is 0 Å². The lowest BCUT2D eigenvalue weighted by Gasteiger charge is -2.22. The van der Waals surface area contributed by atoms with Gasteiger partial charge in [0.15, 0.2) is 0 Å². The fraction of sp³-hybridized carbons (Fsp3) is 0.500. The second-order valence-corrected chi connectivity index (χ2v) is 5.10. The Balaban J connectivity index is 2.13. The van der Waals surface area contributed by atoms with Gasteiger partial charge in [0.2, 0.25) is 5.91 Å². The number of amides is 1. The van der Waals surface area contributed by atoms with Crippen molar-refractivity contribution in [1.29, 1.82) is 0 Å². The molecule has 0 spiro atoms. The number of rotatable bonds is 3. The summed E-state index contributed by atoms with van der Waals surface area (Å²) in [6, 6.07) is 7.30. The summed E-state index contributed by atoms with van der Waals surface area (Å²) >= 11 is 0. The van der Waals surface area contributed by atoms with E-state index in [4.69, 9.17) is 5.73 Å². The molecule has 18 heavy (non-hydrogen) atoms. The quantitative estimate of drug-likeness (QED) is 0.738. The lowest BCUT2D eigenvalue weighted by molar-refractivity contribution is -0.126. The van der Waals surface area contributed by atoms with Gasteiger partial charge in [-0.3, -0.25) is 4.79 Å². The number of nitrogens with one attached hydrogen (secondary N) is 1. The molecule has 0 aromatic heterocycles. The van der Waals surface area contributed by atoms with E-state index in [1.807, 2.05) is 31.2 Å². The molecule has 4 heteroatoms. The van der Waals surface area contributed by atoms with E-state index in [0.717, 1.165) is 11.1 Å². The fourth-order valence-corrected chi connectivity index (χ4v) is 2.27. The minimum absolute atomic E-state index is 0.106. The predicted octanol–water partition coefficient (Wildman–Crippen LogP) is 0.744. The molecule has 1 aliphatic rings. The van der Waals surface area contributed by atoms with Gasteiger partial charge in [-0.1, -0.05) is 31.2 Å². The monoisotopic (exact) mass is 248 g/mol. The zero-order chi connectivity index (χ0) is 13.3. The van der Waals surface area contributed by atoms with Gasteiger partial charge in [-0.2, -0.15) is 0 Å². The van der Waals surface area contributed by atoms with Crippen LogP contribution in [0, 0.1) is 5.92 Å². The van der Waals surface area contributed by atoms with Gasteiger partial charge in [-0.05, 0) is 18.1 Å². The summed E-state index contributed by atoms with van der Waals surface area (Å²) in [4.78, 5) is 12.0. The second kappa shape index (κ2) is 5.08. The van der Waals surface area contributed by atoms with E-state index in [-0.39, 0.29) is 23.9 Å². The molecule has 1 aromatic carbocycles. The van der Waals surface area contributed by atoms with Crippen molar-refractivity contribution in [2.24, 2.45) is 11.7 Å². The molecule has 1 aliphatic carbocycles. The van der Waals surface area contributed by atoms with Crippen LogP contribution in [0.1, 0.15) is 31.0 Å². The molecule has 0 heterocycles. The van der Waals surface area contributed by atoms with E-state index in [1.54, 1.807) is 6.92 Å². The van der Waals surface area contributed by atoms with E-state index in [9.17, 15) is 9.90 Å². The fourth-order valence-electron chi connectivity index (χ4n) is 2.27. The van der Waals surface area contributed by atoms with Crippen LogP contribution in [0.2, 0.25) is 0 Å². The van der Waals surface area contributed by atoms with Crippen LogP contribution >= 0.6 is 0 Å². The second-order valence-electron chi connectivity index (χ2n) is 5.10. The van der Waals surface area contributed by atoms with Crippen LogP contribution in [-0.4, -0.2) is 23.2 Å². The molecule has 98 valence electrons. The zero-order valence-electron chi connectivity index (χ0n) is 10.8. The van der Waals surface area contributed by atoms with Crippen LogP contribution < -0.4 is 11.1 Å². The van der Waals surface area contributed by atoms with Crippen LogP contribution in [0.4, 0.5) is 0 Å². The summed E-state index contributed by atoms with van der Waals surface area (Å²) in [6.07, 6.45) is 0.0415. The highest BCUT2D eigenvalue weighted by Gasteiger charge is 2.33. The largest absolute Gasteiger partial charge is 0.390 e. The predicted molar refractivity (Wildman–Crippen MR) is 69.8 cm³/mol. The van der Waals surface area contributed by atoms with Crippen molar-refractivity contribution in [1.82, 2.24) is 5.32 Å². The summed E-state index contributed by atoms with van der Waals surface area (Å²) in [5.41, 5.74) is 7.83. The van der Waals surface area contributed by atoms with Crippen molar-refractivity contribution in [2.75, 3.05) is 0 Å². The number of hydrogen-bond acceptors (Lipinski definition) is 3. The molecular weight excluding hydrogens is 228 g/mol. The molecule has 0 aliphatic heterocycles. The van der Waals surface area contributed by atoms with Gasteiger partial charge >= 0.3 is 0 Å². The number of benzene rings is 1. The molecule has 4 N–H and O–H groups in total. The Bertz CT molecular complexity index is 445. The average Bonchev–Trinajstić information content (AvgIpc) is 2.65. The third kappa shape index (κ3) is 2.40. The Morgan fingerprint density at radius 1 is 1.44 bits per heavy atom. The molecule has 0 radical (unpaired) electrons. The van der Waals surface area contributed by atoms with Gasteiger partial charge in [0.1, 0.15) is 0 Å². The lowest BCUT2D eigenvalue weighted by atomic mass is 10.0. The van der Waals surface area contributed by atoms with Crippen LogP contribution in [-0.2, 0) is 11.2 Å². The number of hydrogen-bond donors (Lipinski definition) is 3. The molecule has 4 nitrogen and oxygen atoms in total. The maximum absolute atomic E-state index is 12.0. The van der Waals surface area contributed by atoms with Crippen LogP contribution in [0.3, 0.4) is 0 Å². The van der Waals surface area contributed by atoms with Crippen molar-refractivity contribution >= 4 is 5.91 Å². The lowest BCUT2D eigenvalue weighted by Crippen LogP contribution is -2.42. The molecule has 2 rings (SSSR count). The molecule has 1 amide bonds. The smallest absolute Gasteiger partial charge is 0.224 e. The summed E-state index contributed by atoms with van der Waals surface area (Å²) in [6.45, 7) is 3.61. The molecular formula is C14H20N2O2. The summed E-state index contributed by atoms with van der Waals surface area (Å²) < 4.78 is 0. The first-order valence-electron chi connectivity index (χ1n) is 6.32. The standard InChI is InChI=1S/C14H20N2O2/c1-8(9(2)15)14(18)16-13-11-6-4-3-5-10(11)7-12(13)17/h3-6,8-9,12-13,17H,7,15H2,1-2H3,(H,16,18)/t8?,9?,12-,13+/m1/s1. The minimum Gasteiger partial charge on any atom is -0.390 e. The number of aliphatic hydroxyl groups excluding tert-OH is 1. The molecule has 2 unspecified atom stereocenters. The third-order valence-corrected chi connectivity index (χ3v) is 3.70. The number of carbonyl (C=O) groups is 1. The summed E-state index contributed by atoms with van der Waals surface area (Å²) in [7, 11) is 0. The minimum atomic E-state index is -0.549. The summed E-state index contributed by atoms with van der Waals surface area (Å²) in [5.74, 6) is -0.365. The number of fused-ring (bicyclic) bond motifs is 1. The van der Waals surface area contributed by atoms with E-state index in [0.29, 0.717) is 6.42 Å². The molecule has 0 fully saturated rings. The van der Waals surface area contributed by atoms with Gasteiger partial charge < -0.3 is 16.2 Å². The van der Waals surface area contributed by atoms with Gasteiger partial charge in [-0.15, -0.1) is 0 Å². The van der Waals surface area contributed by atoms with E-state index < -0.39 is 6.10 Å². The van der Waals surface area contributed by atoms with Gasteiger partial charge in [0.25, 0.3) is 0 Å². The summed E-state index contributed by atoms with van der Waals surface area (Å²) in [5, 5.41) is 12.9. The Kier molecular flexibility index (Phi) is 3.68. The average molecular weight is 248 g/mol. The van der Waals surface area contributed by atoms with Crippen molar-refractivity contribution in [3.05, 3.63) is 35.4 Å². The number of aliphatic hydroxyl groups is 1. The van der Waals surface area contributed by atoms with Gasteiger partial charge in [0, 0.05) is 18.4 Å². The van der Waals surface area contributed by atoms with E-state index in [2.05, 4.69) is 5.32 Å². The maximum atomic E-state index is 12.0. The Hall–Kier alpha value is -1.39. The Morgan fingerprint density at radius 2 is 2.11 bits per heavy atom.